The molecule has 1 aliphatic rings. The van der Waals surface area contributed by atoms with Crippen molar-refractivity contribution in [3.8, 4) is 0 Å². The molecule has 0 bridgehead atoms. The maximum Gasteiger partial charge on any atom is 0.214 e. The molecule has 1 atom stereocenters. The van der Waals surface area contributed by atoms with E-state index in [9.17, 15) is 8.42 Å². The average molecular weight is 242 g/mol. The summed E-state index contributed by atoms with van der Waals surface area (Å²) >= 11 is 5.46. The normalized spacial score (nSPS) is 24.3. The van der Waals surface area contributed by atoms with Crippen molar-refractivity contribution in [3.63, 3.8) is 0 Å². The standard InChI is InChI=1S/C8H16ClNO3S/c1-13-8-3-5-10(7-8)14(11,12)6-2-4-9/h8H,2-7H2,1H3. The van der Waals surface area contributed by atoms with Crippen LogP contribution in [0, 0.1) is 0 Å². The van der Waals surface area contributed by atoms with Gasteiger partial charge in [0.1, 0.15) is 0 Å². The van der Waals surface area contributed by atoms with Crippen LogP contribution in [-0.2, 0) is 14.8 Å². The molecule has 6 heteroatoms. The smallest absolute Gasteiger partial charge is 0.214 e. The molecule has 1 heterocycles. The van der Waals surface area contributed by atoms with Gasteiger partial charge >= 0.3 is 0 Å². The Labute approximate surface area is 90.2 Å². The first-order chi connectivity index (χ1) is 6.60. The Hall–Kier alpha value is 0.160. The van der Waals surface area contributed by atoms with Crippen LogP contribution in [0.25, 0.3) is 0 Å². The Kier molecular flexibility index (Phi) is 4.63. The first kappa shape index (κ1) is 12.2. The molecule has 1 rings (SSSR count). The molecule has 4 nitrogen and oxygen atoms in total. The third kappa shape index (κ3) is 3.08. The number of ether oxygens (including phenoxy) is 1. The maximum absolute atomic E-state index is 11.7. The van der Waals surface area contributed by atoms with Crippen LogP contribution in [-0.4, -0.2) is 50.7 Å². The van der Waals surface area contributed by atoms with E-state index in [4.69, 9.17) is 16.3 Å². The van der Waals surface area contributed by atoms with Crippen molar-refractivity contribution < 1.29 is 13.2 Å². The Morgan fingerprint density at radius 3 is 2.79 bits per heavy atom. The quantitative estimate of drug-likeness (QED) is 0.665. The Bertz CT molecular complexity index is 268. The van der Waals surface area contributed by atoms with Crippen molar-refractivity contribution in [1.29, 1.82) is 0 Å². The van der Waals surface area contributed by atoms with Gasteiger partial charge in [0.05, 0.1) is 11.9 Å². The minimum atomic E-state index is -3.10. The number of hydrogen-bond acceptors (Lipinski definition) is 3. The van der Waals surface area contributed by atoms with Crippen LogP contribution >= 0.6 is 11.6 Å². The van der Waals surface area contributed by atoms with Gasteiger partial charge in [-0.15, -0.1) is 11.6 Å². The summed E-state index contributed by atoms with van der Waals surface area (Å²) in [6, 6.07) is 0. The number of nitrogens with zero attached hydrogens (tertiary/aromatic N) is 1. The first-order valence-electron chi connectivity index (χ1n) is 4.66. The highest BCUT2D eigenvalue weighted by Crippen LogP contribution is 2.16. The molecule has 0 amide bonds. The SMILES string of the molecule is COC1CCN(S(=O)(=O)CCCCl)C1. The van der Waals surface area contributed by atoms with Crippen LogP contribution in [0.4, 0.5) is 0 Å². The van der Waals surface area contributed by atoms with Crippen molar-refractivity contribution in [2.75, 3.05) is 31.8 Å². The zero-order valence-electron chi connectivity index (χ0n) is 8.28. The molecule has 0 aromatic carbocycles. The molecule has 0 radical (unpaired) electrons. The highest BCUT2D eigenvalue weighted by Gasteiger charge is 2.30. The van der Waals surface area contributed by atoms with Gasteiger partial charge in [-0.25, -0.2) is 8.42 Å². The highest BCUT2D eigenvalue weighted by atomic mass is 35.5. The third-order valence-corrected chi connectivity index (χ3v) is 4.56. The Morgan fingerprint density at radius 1 is 1.57 bits per heavy atom. The van der Waals surface area contributed by atoms with E-state index >= 15 is 0 Å². The molecular formula is C8H16ClNO3S. The number of alkyl halides is 1. The lowest BCUT2D eigenvalue weighted by Crippen LogP contribution is -2.32. The predicted octanol–water partition coefficient (Wildman–Crippen LogP) is 0.666. The third-order valence-electron chi connectivity index (χ3n) is 2.37. The molecule has 1 aliphatic heterocycles. The molecule has 0 N–H and O–H groups in total. The van der Waals surface area contributed by atoms with Crippen molar-refractivity contribution in [1.82, 2.24) is 4.31 Å². The van der Waals surface area contributed by atoms with Crippen LogP contribution in [0.1, 0.15) is 12.8 Å². The minimum absolute atomic E-state index is 0.0563. The second-order valence-corrected chi connectivity index (χ2v) is 5.83. The first-order valence-corrected chi connectivity index (χ1v) is 6.81. The van der Waals surface area contributed by atoms with Gasteiger partial charge in [0.15, 0.2) is 0 Å². The van der Waals surface area contributed by atoms with E-state index in [-0.39, 0.29) is 11.9 Å². The summed E-state index contributed by atoms with van der Waals surface area (Å²) in [6.07, 6.45) is 1.36. The van der Waals surface area contributed by atoms with E-state index in [0.29, 0.717) is 25.4 Å². The largest absolute Gasteiger partial charge is 0.380 e. The van der Waals surface area contributed by atoms with E-state index in [0.717, 1.165) is 6.42 Å². The molecule has 1 saturated heterocycles. The number of hydrogen-bond donors (Lipinski definition) is 0. The lowest BCUT2D eigenvalue weighted by Gasteiger charge is -2.15. The lowest BCUT2D eigenvalue weighted by atomic mass is 10.3. The molecule has 84 valence electrons. The summed E-state index contributed by atoms with van der Waals surface area (Å²) in [5, 5.41) is 0. The van der Waals surface area contributed by atoms with Crippen molar-refractivity contribution in [2.45, 2.75) is 18.9 Å². The van der Waals surface area contributed by atoms with Gasteiger partial charge < -0.3 is 4.74 Å². The van der Waals surface area contributed by atoms with Crippen molar-refractivity contribution in [3.05, 3.63) is 0 Å². The molecule has 0 aromatic heterocycles. The fourth-order valence-corrected chi connectivity index (χ4v) is 3.35. The second-order valence-electron chi connectivity index (χ2n) is 3.36. The fraction of sp³-hybridized carbons (Fsp3) is 1.00. The monoisotopic (exact) mass is 241 g/mol. The predicted molar refractivity (Wildman–Crippen MR) is 56.1 cm³/mol. The summed E-state index contributed by atoms with van der Waals surface area (Å²) in [5.74, 6) is 0.535. The van der Waals surface area contributed by atoms with E-state index in [1.807, 2.05) is 0 Å². The van der Waals surface area contributed by atoms with Crippen molar-refractivity contribution in [2.24, 2.45) is 0 Å². The van der Waals surface area contributed by atoms with Crippen LogP contribution < -0.4 is 0 Å². The molecule has 1 fully saturated rings. The summed E-state index contributed by atoms with van der Waals surface area (Å²) in [7, 11) is -1.49. The Morgan fingerprint density at radius 2 is 2.29 bits per heavy atom. The molecule has 0 aliphatic carbocycles. The summed E-state index contributed by atoms with van der Waals surface area (Å²) in [6.45, 7) is 1.06. The summed E-state index contributed by atoms with van der Waals surface area (Å²) < 4.78 is 29.9. The number of halogens is 1. The molecule has 14 heavy (non-hydrogen) atoms. The highest BCUT2D eigenvalue weighted by molar-refractivity contribution is 7.89. The number of rotatable bonds is 5. The van der Waals surface area contributed by atoms with E-state index in [2.05, 4.69) is 0 Å². The van der Waals surface area contributed by atoms with Gasteiger partial charge in [0.2, 0.25) is 10.0 Å². The summed E-state index contributed by atoms with van der Waals surface area (Å²) in [5.41, 5.74) is 0. The van der Waals surface area contributed by atoms with Crippen LogP contribution in [0.5, 0.6) is 0 Å². The van der Waals surface area contributed by atoms with E-state index < -0.39 is 10.0 Å². The fourth-order valence-electron chi connectivity index (χ4n) is 1.51. The van der Waals surface area contributed by atoms with Gasteiger partial charge in [-0.3, -0.25) is 0 Å². The minimum Gasteiger partial charge on any atom is -0.380 e. The van der Waals surface area contributed by atoms with E-state index in [1.165, 1.54) is 4.31 Å². The van der Waals surface area contributed by atoms with Gasteiger partial charge in [-0.05, 0) is 12.8 Å². The van der Waals surface area contributed by atoms with Crippen molar-refractivity contribution >= 4 is 21.6 Å². The van der Waals surface area contributed by atoms with Crippen LogP contribution in [0.2, 0.25) is 0 Å². The van der Waals surface area contributed by atoms with Gasteiger partial charge in [0, 0.05) is 26.1 Å². The molecule has 1 unspecified atom stereocenters. The topological polar surface area (TPSA) is 46.6 Å². The Balaban J connectivity index is 2.49. The maximum atomic E-state index is 11.7. The number of methoxy groups -OCH3 is 1. The summed E-state index contributed by atoms with van der Waals surface area (Å²) in [4.78, 5) is 0. The molecule has 0 aromatic rings. The van der Waals surface area contributed by atoms with Crippen LogP contribution in [0.3, 0.4) is 0 Å². The molecular weight excluding hydrogens is 226 g/mol. The lowest BCUT2D eigenvalue weighted by molar-refractivity contribution is 0.115. The second kappa shape index (κ2) is 5.30. The zero-order chi connectivity index (χ0) is 10.6. The van der Waals surface area contributed by atoms with Gasteiger partial charge in [-0.1, -0.05) is 0 Å². The van der Waals surface area contributed by atoms with Crippen LogP contribution in [0.15, 0.2) is 0 Å². The molecule has 0 saturated carbocycles. The molecule has 0 spiro atoms. The van der Waals surface area contributed by atoms with Gasteiger partial charge in [0.25, 0.3) is 0 Å². The van der Waals surface area contributed by atoms with Gasteiger partial charge in [-0.2, -0.15) is 4.31 Å². The average Bonchev–Trinajstić information content (AvgIpc) is 2.63. The van der Waals surface area contributed by atoms with E-state index in [1.54, 1.807) is 7.11 Å². The zero-order valence-corrected chi connectivity index (χ0v) is 9.85. The number of sulfonamides is 1.